The smallest absolute Gasteiger partial charge is 0.411 e. The van der Waals surface area contributed by atoms with Gasteiger partial charge in [0.15, 0.2) is 11.5 Å². The standard InChI is InChI=1S/C12H14F3NO3S/c1-17-10-6-8(11(16)20)2-3-9(10)19-5-4-18-7-12(13,14)15/h2-3,6H,4-5,7H2,1H3,(H2,16,20). The second-order valence-corrected chi connectivity index (χ2v) is 4.19. The summed E-state index contributed by atoms with van der Waals surface area (Å²) in [6.45, 7) is -1.51. The summed E-state index contributed by atoms with van der Waals surface area (Å²) >= 11 is 4.82. The molecule has 1 aromatic carbocycles. The van der Waals surface area contributed by atoms with Crippen LogP contribution in [0.2, 0.25) is 0 Å². The molecule has 1 aromatic rings. The molecule has 0 aliphatic carbocycles. The summed E-state index contributed by atoms with van der Waals surface area (Å²) < 4.78 is 50.3. The van der Waals surface area contributed by atoms with E-state index in [0.29, 0.717) is 17.1 Å². The van der Waals surface area contributed by atoms with Crippen molar-refractivity contribution in [2.75, 3.05) is 26.9 Å². The van der Waals surface area contributed by atoms with Gasteiger partial charge < -0.3 is 19.9 Å². The van der Waals surface area contributed by atoms with E-state index in [0.717, 1.165) is 0 Å². The molecule has 0 heterocycles. The van der Waals surface area contributed by atoms with Gasteiger partial charge >= 0.3 is 6.18 Å². The number of hydrogen-bond acceptors (Lipinski definition) is 4. The summed E-state index contributed by atoms with van der Waals surface area (Å²) in [7, 11) is 1.44. The van der Waals surface area contributed by atoms with Crippen LogP contribution in [0.5, 0.6) is 11.5 Å². The maximum Gasteiger partial charge on any atom is 0.411 e. The topological polar surface area (TPSA) is 53.7 Å². The van der Waals surface area contributed by atoms with E-state index in [2.05, 4.69) is 4.74 Å². The van der Waals surface area contributed by atoms with E-state index in [4.69, 9.17) is 27.4 Å². The Hall–Kier alpha value is -1.54. The molecule has 112 valence electrons. The largest absolute Gasteiger partial charge is 0.493 e. The van der Waals surface area contributed by atoms with Crippen LogP contribution in [0.1, 0.15) is 5.56 Å². The third-order valence-electron chi connectivity index (χ3n) is 2.20. The van der Waals surface area contributed by atoms with Gasteiger partial charge in [-0.05, 0) is 18.2 Å². The molecular weight excluding hydrogens is 295 g/mol. The van der Waals surface area contributed by atoms with Crippen molar-refractivity contribution in [1.29, 1.82) is 0 Å². The highest BCUT2D eigenvalue weighted by molar-refractivity contribution is 7.80. The van der Waals surface area contributed by atoms with Gasteiger partial charge in [-0.2, -0.15) is 13.2 Å². The lowest BCUT2D eigenvalue weighted by Crippen LogP contribution is -2.19. The van der Waals surface area contributed by atoms with E-state index in [1.165, 1.54) is 7.11 Å². The summed E-state index contributed by atoms with van der Waals surface area (Å²) in [5.41, 5.74) is 6.09. The molecule has 0 aliphatic rings. The summed E-state index contributed by atoms with van der Waals surface area (Å²) in [5.74, 6) is 0.772. The number of alkyl halides is 3. The number of halogens is 3. The van der Waals surface area contributed by atoms with E-state index in [9.17, 15) is 13.2 Å². The Labute approximate surface area is 119 Å². The summed E-state index contributed by atoms with van der Waals surface area (Å²) in [6.07, 6.45) is -4.34. The van der Waals surface area contributed by atoms with Crippen molar-refractivity contribution in [2.24, 2.45) is 5.73 Å². The highest BCUT2D eigenvalue weighted by Crippen LogP contribution is 2.28. The summed E-state index contributed by atoms with van der Waals surface area (Å²) in [4.78, 5) is 0.211. The zero-order valence-electron chi connectivity index (χ0n) is 10.7. The van der Waals surface area contributed by atoms with Crippen molar-refractivity contribution < 1.29 is 27.4 Å². The fraction of sp³-hybridized carbons (Fsp3) is 0.417. The van der Waals surface area contributed by atoms with Gasteiger partial charge in [0.05, 0.1) is 13.7 Å². The molecule has 0 fully saturated rings. The first-order valence-corrected chi connectivity index (χ1v) is 5.99. The van der Waals surface area contributed by atoms with Gasteiger partial charge in [-0.3, -0.25) is 0 Å². The van der Waals surface area contributed by atoms with Crippen LogP contribution in [0, 0.1) is 0 Å². The van der Waals surface area contributed by atoms with Gasteiger partial charge in [-0.25, -0.2) is 0 Å². The number of rotatable bonds is 7. The Morgan fingerprint density at radius 1 is 1.25 bits per heavy atom. The minimum atomic E-state index is -4.34. The van der Waals surface area contributed by atoms with Crippen molar-refractivity contribution in [3.8, 4) is 11.5 Å². The minimum Gasteiger partial charge on any atom is -0.493 e. The second kappa shape index (κ2) is 7.30. The number of hydrogen-bond donors (Lipinski definition) is 1. The maximum atomic E-state index is 11.8. The lowest BCUT2D eigenvalue weighted by Gasteiger charge is -2.12. The Bertz CT molecular complexity index is 466. The predicted octanol–water partition coefficient (Wildman–Crippen LogP) is 2.29. The molecule has 0 radical (unpaired) electrons. The van der Waals surface area contributed by atoms with Crippen LogP contribution in [0.25, 0.3) is 0 Å². The van der Waals surface area contributed by atoms with Crippen molar-refractivity contribution in [2.45, 2.75) is 6.18 Å². The molecule has 0 unspecified atom stereocenters. The van der Waals surface area contributed by atoms with Crippen LogP contribution in [-0.2, 0) is 4.74 Å². The van der Waals surface area contributed by atoms with Gasteiger partial charge in [-0.1, -0.05) is 12.2 Å². The minimum absolute atomic E-state index is 0.0289. The monoisotopic (exact) mass is 309 g/mol. The molecule has 0 bridgehead atoms. The number of methoxy groups -OCH3 is 1. The highest BCUT2D eigenvalue weighted by atomic mass is 32.1. The normalized spacial score (nSPS) is 11.2. The average Bonchev–Trinajstić information content (AvgIpc) is 2.36. The van der Waals surface area contributed by atoms with Gasteiger partial charge in [0, 0.05) is 5.56 Å². The Morgan fingerprint density at radius 2 is 1.95 bits per heavy atom. The van der Waals surface area contributed by atoms with Crippen molar-refractivity contribution in [1.82, 2.24) is 0 Å². The first-order valence-electron chi connectivity index (χ1n) is 5.58. The number of nitrogens with two attached hydrogens (primary N) is 1. The third kappa shape index (κ3) is 5.62. The first-order chi connectivity index (χ1) is 9.33. The number of benzene rings is 1. The van der Waals surface area contributed by atoms with Crippen molar-refractivity contribution >= 4 is 17.2 Å². The van der Waals surface area contributed by atoms with Crippen molar-refractivity contribution in [3.63, 3.8) is 0 Å². The SMILES string of the molecule is COc1cc(C(N)=S)ccc1OCCOCC(F)(F)F. The third-order valence-corrected chi connectivity index (χ3v) is 2.43. The van der Waals surface area contributed by atoms with Crippen LogP contribution in [0.3, 0.4) is 0 Å². The van der Waals surface area contributed by atoms with E-state index in [1.807, 2.05) is 0 Å². The number of ether oxygens (including phenoxy) is 3. The van der Waals surface area contributed by atoms with Crippen LogP contribution in [0.15, 0.2) is 18.2 Å². The van der Waals surface area contributed by atoms with Gasteiger partial charge in [0.1, 0.15) is 18.2 Å². The Kier molecular flexibility index (Phi) is 6.03. The molecular formula is C12H14F3NO3S. The van der Waals surface area contributed by atoms with E-state index >= 15 is 0 Å². The fourth-order valence-electron chi connectivity index (χ4n) is 1.34. The van der Waals surface area contributed by atoms with E-state index in [1.54, 1.807) is 18.2 Å². The molecule has 1 rings (SSSR count). The fourth-order valence-corrected chi connectivity index (χ4v) is 1.47. The molecule has 4 nitrogen and oxygen atoms in total. The molecule has 0 aromatic heterocycles. The van der Waals surface area contributed by atoms with Crippen molar-refractivity contribution in [3.05, 3.63) is 23.8 Å². The first kappa shape index (κ1) is 16.5. The zero-order valence-corrected chi connectivity index (χ0v) is 11.5. The highest BCUT2D eigenvalue weighted by Gasteiger charge is 2.27. The quantitative estimate of drug-likeness (QED) is 0.618. The van der Waals surface area contributed by atoms with Gasteiger partial charge in [0.2, 0.25) is 0 Å². The van der Waals surface area contributed by atoms with Crippen LogP contribution in [-0.4, -0.2) is 38.1 Å². The second-order valence-electron chi connectivity index (χ2n) is 3.75. The van der Waals surface area contributed by atoms with Crippen LogP contribution in [0.4, 0.5) is 13.2 Å². The molecule has 0 saturated heterocycles. The summed E-state index contributed by atoms with van der Waals surface area (Å²) in [6, 6.07) is 4.81. The van der Waals surface area contributed by atoms with Crippen LogP contribution >= 0.6 is 12.2 Å². The molecule has 0 amide bonds. The molecule has 0 spiro atoms. The molecule has 0 aliphatic heterocycles. The number of thiocarbonyl (C=S) groups is 1. The molecule has 0 saturated carbocycles. The Morgan fingerprint density at radius 3 is 2.50 bits per heavy atom. The van der Waals surface area contributed by atoms with E-state index < -0.39 is 12.8 Å². The molecule has 0 atom stereocenters. The maximum absolute atomic E-state index is 11.8. The molecule has 8 heteroatoms. The van der Waals surface area contributed by atoms with E-state index in [-0.39, 0.29) is 18.2 Å². The summed E-state index contributed by atoms with van der Waals surface area (Å²) in [5, 5.41) is 0. The van der Waals surface area contributed by atoms with Crippen LogP contribution < -0.4 is 15.2 Å². The molecule has 20 heavy (non-hydrogen) atoms. The lowest BCUT2D eigenvalue weighted by molar-refractivity contribution is -0.175. The molecule has 2 N–H and O–H groups in total. The predicted molar refractivity (Wildman–Crippen MR) is 71.3 cm³/mol. The lowest BCUT2D eigenvalue weighted by atomic mass is 10.2. The average molecular weight is 309 g/mol. The zero-order chi connectivity index (χ0) is 15.2. The van der Waals surface area contributed by atoms with Gasteiger partial charge in [0.25, 0.3) is 0 Å². The Balaban J connectivity index is 2.49. The van der Waals surface area contributed by atoms with Gasteiger partial charge in [-0.15, -0.1) is 0 Å².